The van der Waals surface area contributed by atoms with E-state index in [9.17, 15) is 13.2 Å². The third-order valence-corrected chi connectivity index (χ3v) is 2.61. The monoisotopic (exact) mass is 285 g/mol. The smallest absolute Gasteiger partial charge is 0.419 e. The lowest BCUT2D eigenvalue weighted by molar-refractivity contribution is -0.139. The lowest BCUT2D eigenvalue weighted by atomic mass is 10.1. The van der Waals surface area contributed by atoms with E-state index < -0.39 is 11.7 Å². The minimum absolute atomic E-state index is 0.0764. The first-order chi connectivity index (χ1) is 9.49. The molecule has 110 valence electrons. The van der Waals surface area contributed by atoms with Crippen molar-refractivity contribution in [3.8, 4) is 18.1 Å². The van der Waals surface area contributed by atoms with Crippen LogP contribution in [0, 0.1) is 12.3 Å². The summed E-state index contributed by atoms with van der Waals surface area (Å²) in [6.45, 7) is 3.24. The van der Waals surface area contributed by atoms with Crippen molar-refractivity contribution < 1.29 is 17.9 Å². The van der Waals surface area contributed by atoms with Gasteiger partial charge in [-0.25, -0.2) is 0 Å². The summed E-state index contributed by atoms with van der Waals surface area (Å²) >= 11 is 0. The molecule has 0 saturated carbocycles. The number of rotatable bonds is 7. The van der Waals surface area contributed by atoms with Gasteiger partial charge in [-0.15, -0.1) is 12.3 Å². The zero-order valence-electron chi connectivity index (χ0n) is 11.4. The number of hydrogen-bond acceptors (Lipinski definition) is 2. The second-order valence-corrected chi connectivity index (χ2v) is 4.31. The summed E-state index contributed by atoms with van der Waals surface area (Å²) in [6.07, 6.45) is 1.81. The minimum atomic E-state index is -4.44. The molecule has 1 rings (SSSR count). The Labute approximate surface area is 117 Å². The Morgan fingerprint density at radius 1 is 1.35 bits per heavy atom. The highest BCUT2D eigenvalue weighted by Gasteiger charge is 2.34. The molecule has 1 aromatic rings. The molecule has 0 aliphatic carbocycles. The van der Waals surface area contributed by atoms with Crippen molar-refractivity contribution in [3.05, 3.63) is 29.3 Å². The standard InChI is InChI=1S/C15H18F3NO/c1-3-5-9-20-14-7-6-12(11-19-8-4-2)10-13(14)15(16,17)18/h1,6-7,10,19H,4-5,8-9,11H2,2H3. The van der Waals surface area contributed by atoms with Gasteiger partial charge < -0.3 is 10.1 Å². The van der Waals surface area contributed by atoms with Gasteiger partial charge in [-0.2, -0.15) is 13.2 Å². The van der Waals surface area contributed by atoms with Crippen LogP contribution < -0.4 is 10.1 Å². The topological polar surface area (TPSA) is 21.3 Å². The van der Waals surface area contributed by atoms with E-state index in [-0.39, 0.29) is 18.8 Å². The number of alkyl halides is 3. The van der Waals surface area contributed by atoms with Gasteiger partial charge in [-0.05, 0) is 30.7 Å². The van der Waals surface area contributed by atoms with Crippen LogP contribution in [0.1, 0.15) is 30.9 Å². The van der Waals surface area contributed by atoms with Crippen molar-refractivity contribution in [2.24, 2.45) is 0 Å². The molecule has 0 aliphatic rings. The van der Waals surface area contributed by atoms with Crippen LogP contribution >= 0.6 is 0 Å². The SMILES string of the molecule is C#CCCOc1ccc(CNCCC)cc1C(F)(F)F. The van der Waals surface area contributed by atoms with Gasteiger partial charge in [0.25, 0.3) is 0 Å². The van der Waals surface area contributed by atoms with E-state index in [1.165, 1.54) is 6.07 Å². The summed E-state index contributed by atoms with van der Waals surface area (Å²) < 4.78 is 44.1. The zero-order valence-corrected chi connectivity index (χ0v) is 11.4. The van der Waals surface area contributed by atoms with Crippen molar-refractivity contribution in [2.45, 2.75) is 32.5 Å². The summed E-state index contributed by atoms with van der Waals surface area (Å²) in [5.41, 5.74) is -0.180. The number of nitrogens with one attached hydrogen (secondary N) is 1. The van der Waals surface area contributed by atoms with Crippen molar-refractivity contribution in [3.63, 3.8) is 0 Å². The Morgan fingerprint density at radius 2 is 2.10 bits per heavy atom. The van der Waals surface area contributed by atoms with Crippen LogP contribution in [0.5, 0.6) is 5.75 Å². The Kier molecular flexibility index (Phi) is 6.40. The third-order valence-electron chi connectivity index (χ3n) is 2.61. The highest BCUT2D eigenvalue weighted by atomic mass is 19.4. The summed E-state index contributed by atoms with van der Waals surface area (Å²) in [7, 11) is 0. The molecule has 0 heterocycles. The summed E-state index contributed by atoms with van der Waals surface area (Å²) in [4.78, 5) is 0. The Balaban J connectivity index is 2.87. The summed E-state index contributed by atoms with van der Waals surface area (Å²) in [5, 5.41) is 3.07. The van der Waals surface area contributed by atoms with Gasteiger partial charge in [0.05, 0.1) is 12.2 Å². The number of terminal acetylenes is 1. The first-order valence-corrected chi connectivity index (χ1v) is 6.46. The lowest BCUT2D eigenvalue weighted by Gasteiger charge is -2.15. The quantitative estimate of drug-likeness (QED) is 0.610. The van der Waals surface area contributed by atoms with Crippen LogP contribution in [-0.2, 0) is 12.7 Å². The lowest BCUT2D eigenvalue weighted by Crippen LogP contribution is -2.15. The molecule has 0 bridgehead atoms. The maximum Gasteiger partial charge on any atom is 0.419 e. The van der Waals surface area contributed by atoms with Crippen LogP contribution in [0.4, 0.5) is 13.2 Å². The van der Waals surface area contributed by atoms with Crippen molar-refractivity contribution in [1.82, 2.24) is 5.32 Å². The molecule has 0 saturated heterocycles. The summed E-state index contributed by atoms with van der Waals surface area (Å²) in [6, 6.07) is 4.10. The van der Waals surface area contributed by atoms with Gasteiger partial charge >= 0.3 is 6.18 Å². The van der Waals surface area contributed by atoms with Crippen molar-refractivity contribution >= 4 is 0 Å². The van der Waals surface area contributed by atoms with Crippen LogP contribution in [0.15, 0.2) is 18.2 Å². The maximum atomic E-state index is 13.0. The van der Waals surface area contributed by atoms with Crippen LogP contribution in [0.2, 0.25) is 0 Å². The van der Waals surface area contributed by atoms with E-state index in [1.807, 2.05) is 6.92 Å². The van der Waals surface area contributed by atoms with E-state index in [2.05, 4.69) is 11.2 Å². The minimum Gasteiger partial charge on any atom is -0.492 e. The van der Waals surface area contributed by atoms with E-state index in [1.54, 1.807) is 6.07 Å². The molecule has 0 aliphatic heterocycles. The maximum absolute atomic E-state index is 13.0. The van der Waals surface area contributed by atoms with E-state index >= 15 is 0 Å². The van der Waals surface area contributed by atoms with Crippen molar-refractivity contribution in [1.29, 1.82) is 0 Å². The van der Waals surface area contributed by atoms with Crippen LogP contribution in [0.25, 0.3) is 0 Å². The van der Waals surface area contributed by atoms with E-state index in [0.29, 0.717) is 12.1 Å². The molecule has 1 aromatic carbocycles. The fraction of sp³-hybridized carbons (Fsp3) is 0.467. The molecule has 1 N–H and O–H groups in total. The van der Waals surface area contributed by atoms with Gasteiger partial charge in [-0.3, -0.25) is 0 Å². The highest BCUT2D eigenvalue weighted by molar-refractivity contribution is 5.39. The van der Waals surface area contributed by atoms with Crippen molar-refractivity contribution in [2.75, 3.05) is 13.2 Å². The molecule has 5 heteroatoms. The molecule has 2 nitrogen and oxygen atoms in total. The summed E-state index contributed by atoms with van der Waals surface area (Å²) in [5.74, 6) is 2.15. The Morgan fingerprint density at radius 3 is 2.70 bits per heavy atom. The van der Waals surface area contributed by atoms with Crippen LogP contribution in [-0.4, -0.2) is 13.2 Å². The molecule has 0 atom stereocenters. The molecular formula is C15H18F3NO. The largest absolute Gasteiger partial charge is 0.492 e. The highest BCUT2D eigenvalue weighted by Crippen LogP contribution is 2.36. The van der Waals surface area contributed by atoms with Crippen LogP contribution in [0.3, 0.4) is 0 Å². The molecule has 0 radical (unpaired) electrons. The predicted molar refractivity (Wildman–Crippen MR) is 72.4 cm³/mol. The third kappa shape index (κ3) is 5.14. The molecule has 0 unspecified atom stereocenters. The molecule has 0 spiro atoms. The second kappa shape index (κ2) is 7.81. The molecule has 0 fully saturated rings. The van der Waals surface area contributed by atoms with E-state index in [4.69, 9.17) is 11.2 Å². The molecule has 20 heavy (non-hydrogen) atoms. The fourth-order valence-electron chi connectivity index (χ4n) is 1.66. The van der Waals surface area contributed by atoms with E-state index in [0.717, 1.165) is 19.0 Å². The van der Waals surface area contributed by atoms with Gasteiger partial charge in [0, 0.05) is 13.0 Å². The van der Waals surface area contributed by atoms with Gasteiger partial charge in [0.15, 0.2) is 0 Å². The number of ether oxygens (including phenoxy) is 1. The predicted octanol–water partition coefficient (Wildman–Crippen LogP) is 3.61. The average molecular weight is 285 g/mol. The fourth-order valence-corrected chi connectivity index (χ4v) is 1.66. The zero-order chi connectivity index (χ0) is 15.0. The van der Waals surface area contributed by atoms with Gasteiger partial charge in [-0.1, -0.05) is 13.0 Å². The Bertz CT molecular complexity index is 463. The first kappa shape index (κ1) is 16.4. The number of halogens is 3. The number of hydrogen-bond donors (Lipinski definition) is 1. The Hall–Kier alpha value is -1.67. The first-order valence-electron chi connectivity index (χ1n) is 6.46. The number of benzene rings is 1. The second-order valence-electron chi connectivity index (χ2n) is 4.31. The molecule has 0 aromatic heterocycles. The average Bonchev–Trinajstić information content (AvgIpc) is 2.39. The van der Waals surface area contributed by atoms with Gasteiger partial charge in [0.1, 0.15) is 5.75 Å². The molecular weight excluding hydrogens is 267 g/mol. The normalized spacial score (nSPS) is 11.2. The molecule has 0 amide bonds. The van der Waals surface area contributed by atoms with Gasteiger partial charge in [0.2, 0.25) is 0 Å².